The van der Waals surface area contributed by atoms with Crippen molar-refractivity contribution in [2.45, 2.75) is 6.61 Å². The minimum atomic E-state index is -0.329. The number of benzene rings is 2. The maximum Gasteiger partial charge on any atom is 0.137 e. The molecule has 88 valence electrons. The van der Waals surface area contributed by atoms with Crippen molar-refractivity contribution in [2.24, 2.45) is 0 Å². The van der Waals surface area contributed by atoms with Crippen molar-refractivity contribution >= 4 is 15.9 Å². The van der Waals surface area contributed by atoms with Gasteiger partial charge in [-0.3, -0.25) is 0 Å². The molecule has 0 spiro atoms. The molecule has 2 aromatic carbocycles. The topological polar surface area (TPSA) is 9.23 Å². The zero-order valence-electron chi connectivity index (χ0n) is 8.79. The number of ether oxygens (including phenoxy) is 1. The lowest BCUT2D eigenvalue weighted by atomic mass is 10.2. The van der Waals surface area contributed by atoms with Crippen LogP contribution in [-0.2, 0) is 6.61 Å². The van der Waals surface area contributed by atoms with Crippen LogP contribution in [0, 0.1) is 11.6 Å². The van der Waals surface area contributed by atoms with Crippen LogP contribution in [0.4, 0.5) is 8.78 Å². The van der Waals surface area contributed by atoms with Gasteiger partial charge in [0.1, 0.15) is 24.0 Å². The van der Waals surface area contributed by atoms with E-state index in [1.165, 1.54) is 30.3 Å². The lowest BCUT2D eigenvalue weighted by Crippen LogP contribution is -1.97. The van der Waals surface area contributed by atoms with E-state index in [9.17, 15) is 8.78 Å². The average molecular weight is 299 g/mol. The Morgan fingerprint density at radius 3 is 2.41 bits per heavy atom. The summed E-state index contributed by atoms with van der Waals surface area (Å²) in [6, 6.07) is 10.4. The zero-order valence-corrected chi connectivity index (χ0v) is 10.4. The Labute approximate surface area is 106 Å². The van der Waals surface area contributed by atoms with Gasteiger partial charge in [0.25, 0.3) is 0 Å². The van der Waals surface area contributed by atoms with Crippen LogP contribution in [0.3, 0.4) is 0 Å². The van der Waals surface area contributed by atoms with Gasteiger partial charge in [0.2, 0.25) is 0 Å². The van der Waals surface area contributed by atoms with Crippen LogP contribution in [0.2, 0.25) is 0 Å². The van der Waals surface area contributed by atoms with Crippen molar-refractivity contribution < 1.29 is 13.5 Å². The maximum atomic E-state index is 13.2. The van der Waals surface area contributed by atoms with E-state index in [4.69, 9.17) is 4.74 Å². The largest absolute Gasteiger partial charge is 0.489 e. The molecule has 0 aromatic heterocycles. The Balaban J connectivity index is 2.07. The van der Waals surface area contributed by atoms with Gasteiger partial charge >= 0.3 is 0 Å². The van der Waals surface area contributed by atoms with Crippen molar-refractivity contribution in [2.75, 3.05) is 0 Å². The van der Waals surface area contributed by atoms with Crippen LogP contribution < -0.4 is 4.74 Å². The van der Waals surface area contributed by atoms with Crippen molar-refractivity contribution in [3.05, 3.63) is 64.1 Å². The molecule has 0 bridgehead atoms. The zero-order chi connectivity index (χ0) is 12.3. The highest BCUT2D eigenvalue weighted by atomic mass is 79.9. The number of halogens is 3. The fraction of sp³-hybridized carbons (Fsp3) is 0.0769. The fourth-order valence-electron chi connectivity index (χ4n) is 1.35. The third kappa shape index (κ3) is 3.03. The molecule has 0 fully saturated rings. The van der Waals surface area contributed by atoms with Crippen LogP contribution in [0.15, 0.2) is 46.9 Å². The Hall–Kier alpha value is -1.42. The van der Waals surface area contributed by atoms with Gasteiger partial charge in [-0.25, -0.2) is 8.78 Å². The van der Waals surface area contributed by atoms with E-state index in [-0.39, 0.29) is 18.2 Å². The molecule has 0 radical (unpaired) electrons. The number of hydrogen-bond acceptors (Lipinski definition) is 1. The summed E-state index contributed by atoms with van der Waals surface area (Å²) in [4.78, 5) is 0. The molecule has 0 atom stereocenters. The molecular weight excluding hydrogens is 290 g/mol. The second-order valence-corrected chi connectivity index (χ2v) is 4.25. The molecule has 0 heterocycles. The van der Waals surface area contributed by atoms with E-state index >= 15 is 0 Å². The summed E-state index contributed by atoms with van der Waals surface area (Å²) in [5, 5.41) is 0. The molecule has 0 amide bonds. The van der Waals surface area contributed by atoms with Crippen molar-refractivity contribution in [1.82, 2.24) is 0 Å². The van der Waals surface area contributed by atoms with E-state index < -0.39 is 0 Å². The average Bonchev–Trinajstić information content (AvgIpc) is 2.33. The van der Waals surface area contributed by atoms with Gasteiger partial charge in [-0.1, -0.05) is 12.1 Å². The number of rotatable bonds is 3. The molecule has 0 N–H and O–H groups in total. The van der Waals surface area contributed by atoms with Crippen LogP contribution in [0.25, 0.3) is 0 Å². The Morgan fingerprint density at radius 2 is 1.71 bits per heavy atom. The summed E-state index contributed by atoms with van der Waals surface area (Å²) >= 11 is 3.15. The Morgan fingerprint density at radius 1 is 1.00 bits per heavy atom. The number of hydrogen-bond donors (Lipinski definition) is 0. The van der Waals surface area contributed by atoms with E-state index in [0.29, 0.717) is 15.8 Å². The highest BCUT2D eigenvalue weighted by molar-refractivity contribution is 9.10. The first-order chi connectivity index (χ1) is 8.16. The van der Waals surface area contributed by atoms with Gasteiger partial charge in [0.15, 0.2) is 0 Å². The fourth-order valence-corrected chi connectivity index (χ4v) is 1.73. The first-order valence-electron chi connectivity index (χ1n) is 4.98. The lowest BCUT2D eigenvalue weighted by Gasteiger charge is -2.08. The van der Waals surface area contributed by atoms with E-state index in [1.54, 1.807) is 12.1 Å². The predicted octanol–water partition coefficient (Wildman–Crippen LogP) is 4.31. The summed E-state index contributed by atoms with van der Waals surface area (Å²) in [5.41, 5.74) is 0.703. The lowest BCUT2D eigenvalue weighted by molar-refractivity contribution is 0.304. The van der Waals surface area contributed by atoms with Gasteiger partial charge in [0, 0.05) is 5.56 Å². The van der Waals surface area contributed by atoms with Gasteiger partial charge in [-0.15, -0.1) is 0 Å². The first-order valence-corrected chi connectivity index (χ1v) is 5.77. The Kier molecular flexibility index (Phi) is 3.74. The third-order valence-electron chi connectivity index (χ3n) is 2.24. The molecule has 0 saturated carbocycles. The van der Waals surface area contributed by atoms with E-state index in [0.717, 1.165) is 0 Å². The van der Waals surface area contributed by atoms with Gasteiger partial charge in [-0.05, 0) is 46.3 Å². The molecule has 0 saturated heterocycles. The second-order valence-electron chi connectivity index (χ2n) is 3.46. The molecule has 2 aromatic rings. The smallest absolute Gasteiger partial charge is 0.137 e. The second kappa shape index (κ2) is 5.27. The van der Waals surface area contributed by atoms with Gasteiger partial charge < -0.3 is 4.74 Å². The normalized spacial score (nSPS) is 10.3. The maximum absolute atomic E-state index is 13.2. The highest BCUT2D eigenvalue weighted by Crippen LogP contribution is 2.22. The van der Waals surface area contributed by atoms with E-state index in [1.807, 2.05) is 0 Å². The van der Waals surface area contributed by atoms with Crippen LogP contribution >= 0.6 is 15.9 Å². The summed E-state index contributed by atoms with van der Waals surface area (Å²) in [6.45, 7) is 0.226. The SMILES string of the molecule is Fc1ccc(OCc2cccc(F)c2Br)cc1. The summed E-state index contributed by atoms with van der Waals surface area (Å²) in [5.74, 6) is -0.1000. The van der Waals surface area contributed by atoms with Crippen molar-refractivity contribution in [1.29, 1.82) is 0 Å². The Bertz CT molecular complexity index is 511. The van der Waals surface area contributed by atoms with Gasteiger partial charge in [0.05, 0.1) is 4.47 Å². The summed E-state index contributed by atoms with van der Waals surface area (Å²) < 4.78 is 31.7. The monoisotopic (exact) mass is 298 g/mol. The van der Waals surface area contributed by atoms with Crippen molar-refractivity contribution in [3.63, 3.8) is 0 Å². The first kappa shape index (κ1) is 12.0. The van der Waals surface area contributed by atoms with Crippen LogP contribution in [0.5, 0.6) is 5.75 Å². The molecule has 2 rings (SSSR count). The van der Waals surface area contributed by atoms with Gasteiger partial charge in [-0.2, -0.15) is 0 Å². The van der Waals surface area contributed by atoms with Crippen LogP contribution in [-0.4, -0.2) is 0 Å². The van der Waals surface area contributed by atoms with E-state index in [2.05, 4.69) is 15.9 Å². The van der Waals surface area contributed by atoms with Crippen LogP contribution in [0.1, 0.15) is 5.56 Å². The molecule has 1 nitrogen and oxygen atoms in total. The molecule has 0 aliphatic rings. The third-order valence-corrected chi connectivity index (χ3v) is 3.13. The standard InChI is InChI=1S/C13H9BrF2O/c14-13-9(2-1-3-12(13)16)8-17-11-6-4-10(15)5-7-11/h1-7H,8H2. The molecule has 4 heteroatoms. The van der Waals surface area contributed by atoms with Crippen molar-refractivity contribution in [3.8, 4) is 5.75 Å². The minimum Gasteiger partial charge on any atom is -0.489 e. The minimum absolute atomic E-state index is 0.226. The predicted molar refractivity (Wildman–Crippen MR) is 64.8 cm³/mol. The molecule has 0 aliphatic heterocycles. The quantitative estimate of drug-likeness (QED) is 0.820. The summed E-state index contributed by atoms with van der Waals surface area (Å²) in [7, 11) is 0. The molecule has 0 unspecified atom stereocenters. The molecular formula is C13H9BrF2O. The molecule has 17 heavy (non-hydrogen) atoms. The summed E-state index contributed by atoms with van der Waals surface area (Å²) in [6.07, 6.45) is 0. The highest BCUT2D eigenvalue weighted by Gasteiger charge is 2.05. The molecule has 0 aliphatic carbocycles.